The number of thioether (sulfide) groups is 1. The normalized spacial score (nSPS) is 13.5. The molecule has 0 bridgehead atoms. The van der Waals surface area contributed by atoms with Gasteiger partial charge in [0.25, 0.3) is 0 Å². The van der Waals surface area contributed by atoms with Crippen LogP contribution in [0.2, 0.25) is 0 Å². The SMILES string of the molecule is CCCCCCCCCCCCCCCC(=O)OCC(COC(=O)CCCCCCCCCCCCCCC)SC[C@H](NC(=O)OCC(Cl)(Cl)Cl)C(=O)N[C@@H](COC(C)(C)C)C(=O)N[C@@H](COC(C)(C)C)C(=O)N[C@@H](CC(N)=O)C(=O)OC(C)(C)C. The van der Waals surface area contributed by atoms with Gasteiger partial charge in [0, 0.05) is 18.6 Å². The molecule has 23 heteroatoms. The number of rotatable bonds is 50. The molecule has 6 N–H and O–H groups in total. The number of hydrogen-bond acceptors (Lipinski definition) is 15. The van der Waals surface area contributed by atoms with Crippen LogP contribution in [-0.4, -0.2) is 136 Å². The number of esters is 3. The maximum Gasteiger partial charge on any atom is 0.407 e. The molecule has 0 heterocycles. The summed E-state index contributed by atoms with van der Waals surface area (Å²) < 4.78 is 31.9. The number of carbonyl (C=O) groups is 8. The van der Waals surface area contributed by atoms with Gasteiger partial charge in [0.15, 0.2) is 0 Å². The maximum atomic E-state index is 14.5. The van der Waals surface area contributed by atoms with E-state index in [-0.39, 0.29) is 31.8 Å². The van der Waals surface area contributed by atoms with Crippen LogP contribution in [0.5, 0.6) is 0 Å². The van der Waals surface area contributed by atoms with Crippen LogP contribution in [0.15, 0.2) is 0 Å². The number of primary amides is 1. The third kappa shape index (κ3) is 50.6. The number of halogens is 3. The molecule has 86 heavy (non-hydrogen) atoms. The molecule has 5 amide bonds. The van der Waals surface area contributed by atoms with Crippen molar-refractivity contribution in [2.45, 2.75) is 312 Å². The number of nitrogens with one attached hydrogen (secondary N) is 4. The number of alkyl halides is 3. The Bertz CT molecular complexity index is 1870. The summed E-state index contributed by atoms with van der Waals surface area (Å²) in [6.45, 7) is 17.6. The highest BCUT2D eigenvalue weighted by atomic mass is 35.6. The van der Waals surface area contributed by atoms with Crippen molar-refractivity contribution in [1.29, 1.82) is 0 Å². The van der Waals surface area contributed by atoms with Gasteiger partial charge >= 0.3 is 24.0 Å². The molecular formula is C63H114Cl3N5O14S. The van der Waals surface area contributed by atoms with E-state index in [0.717, 1.165) is 50.3 Å². The molecule has 0 unspecified atom stereocenters. The number of alkyl carbamates (subject to hydrolysis) is 1. The number of ether oxygens (including phenoxy) is 6. The molecule has 0 aromatic carbocycles. The van der Waals surface area contributed by atoms with Gasteiger partial charge in [-0.1, -0.05) is 203 Å². The Kier molecular flexibility index (Phi) is 45.8. The van der Waals surface area contributed by atoms with Crippen LogP contribution < -0.4 is 27.0 Å². The maximum absolute atomic E-state index is 14.5. The van der Waals surface area contributed by atoms with Crippen LogP contribution in [-0.2, 0) is 62.0 Å². The second kappa shape index (κ2) is 47.6. The topological polar surface area (TPSA) is 266 Å². The average Bonchev–Trinajstić information content (AvgIpc) is 3.00. The molecule has 19 nitrogen and oxygen atoms in total. The molecule has 0 aliphatic heterocycles. The second-order valence-electron chi connectivity index (χ2n) is 25.4. The number of nitrogens with two attached hydrogens (primary N) is 1. The highest BCUT2D eigenvalue weighted by Gasteiger charge is 2.36. The van der Waals surface area contributed by atoms with Gasteiger partial charge in [-0.3, -0.25) is 28.8 Å². The van der Waals surface area contributed by atoms with E-state index < -0.39 is 124 Å². The Morgan fingerprint density at radius 1 is 0.430 bits per heavy atom. The van der Waals surface area contributed by atoms with Crippen molar-refractivity contribution in [1.82, 2.24) is 21.3 Å². The Morgan fingerprint density at radius 3 is 1.09 bits per heavy atom. The largest absolute Gasteiger partial charge is 0.464 e. The minimum atomic E-state index is -2.01. The minimum Gasteiger partial charge on any atom is -0.464 e. The van der Waals surface area contributed by atoms with Gasteiger partial charge in [-0.2, -0.15) is 0 Å². The van der Waals surface area contributed by atoms with Crippen molar-refractivity contribution in [2.75, 3.05) is 38.8 Å². The number of unbranched alkanes of at least 4 members (excludes halogenated alkanes) is 24. The van der Waals surface area contributed by atoms with Crippen LogP contribution in [0.25, 0.3) is 0 Å². The molecule has 0 aromatic rings. The van der Waals surface area contributed by atoms with Gasteiger partial charge in [0.1, 0.15) is 49.6 Å². The Hall–Kier alpha value is -3.30. The van der Waals surface area contributed by atoms with E-state index in [0.29, 0.717) is 12.8 Å². The number of hydrogen-bond donors (Lipinski definition) is 5. The first-order valence-corrected chi connectivity index (χ1v) is 34.2. The molecule has 0 aliphatic carbocycles. The fourth-order valence-electron chi connectivity index (χ4n) is 8.60. The highest BCUT2D eigenvalue weighted by molar-refractivity contribution is 8.00. The van der Waals surface area contributed by atoms with Crippen LogP contribution in [0.4, 0.5) is 4.79 Å². The van der Waals surface area contributed by atoms with Gasteiger partial charge in [0.2, 0.25) is 27.4 Å². The van der Waals surface area contributed by atoms with E-state index in [1.807, 2.05) is 0 Å². The number of carbonyl (C=O) groups excluding carboxylic acids is 8. The second-order valence-corrected chi connectivity index (χ2v) is 29.3. The molecule has 0 fully saturated rings. The summed E-state index contributed by atoms with van der Waals surface area (Å²) in [5.41, 5.74) is 2.75. The van der Waals surface area contributed by atoms with E-state index in [4.69, 9.17) is 69.0 Å². The molecule has 0 aromatic heterocycles. The highest BCUT2D eigenvalue weighted by Crippen LogP contribution is 2.26. The Labute approximate surface area is 536 Å². The van der Waals surface area contributed by atoms with Gasteiger partial charge in [-0.05, 0) is 75.2 Å². The number of amides is 5. The third-order valence-corrected chi connectivity index (χ3v) is 14.9. The predicted molar refractivity (Wildman–Crippen MR) is 344 cm³/mol. The third-order valence-electron chi connectivity index (χ3n) is 13.3. The lowest BCUT2D eigenvalue weighted by Crippen LogP contribution is -2.61. The molecule has 0 rings (SSSR count). The summed E-state index contributed by atoms with van der Waals surface area (Å²) in [5, 5.41) is 9.39. The molecule has 0 spiro atoms. The summed E-state index contributed by atoms with van der Waals surface area (Å²) in [4.78, 5) is 108. The lowest BCUT2D eigenvalue weighted by atomic mass is 10.0. The molecule has 4 atom stereocenters. The zero-order chi connectivity index (χ0) is 65.0. The monoisotopic (exact) mass is 1300 g/mol. The molecular weight excluding hydrogens is 1190 g/mol. The van der Waals surface area contributed by atoms with E-state index >= 15 is 0 Å². The predicted octanol–water partition coefficient (Wildman–Crippen LogP) is 12.9. The average molecular weight is 1300 g/mol. The first-order chi connectivity index (χ1) is 40.3. The van der Waals surface area contributed by atoms with E-state index in [1.165, 1.54) is 116 Å². The Morgan fingerprint density at radius 2 is 0.767 bits per heavy atom. The summed E-state index contributed by atoms with van der Waals surface area (Å²) in [6, 6.07) is -6.14. The lowest BCUT2D eigenvalue weighted by molar-refractivity contribution is -0.160. The van der Waals surface area contributed by atoms with Crippen molar-refractivity contribution in [3.63, 3.8) is 0 Å². The lowest BCUT2D eigenvalue weighted by Gasteiger charge is -2.30. The quantitative estimate of drug-likeness (QED) is 0.0164. The standard InChI is InChI=1S/C63H114Cl3N5O14S/c1-12-14-16-18-20-22-24-26-28-30-32-34-36-38-53(73)80-41-47(42-81-54(74)39-37-35-33-31-29-27-25-23-21-19-17-15-13-2)86-45-51(71-59(79)82-46-63(64,65)66)57(77)70-50(44-84-61(6,7)8)56(76)69-49(43-83-60(3,4)5)55(75)68-48(40-52(67)72)58(78)85-62(9,10)11/h47-51H,12-46H2,1-11H3,(H2,67,72)(H,68,75)(H,69,76)(H,70,77)(H,71,79)/t48-,49-,50-,51-/m0/s1. The fourth-order valence-corrected chi connectivity index (χ4v) is 9.79. The molecule has 0 saturated heterocycles. The molecule has 0 radical (unpaired) electrons. The van der Waals surface area contributed by atoms with E-state index in [9.17, 15) is 38.4 Å². The zero-order valence-electron chi connectivity index (χ0n) is 54.5. The first-order valence-electron chi connectivity index (χ1n) is 32.0. The van der Waals surface area contributed by atoms with Gasteiger partial charge in [-0.25, -0.2) is 9.59 Å². The smallest absolute Gasteiger partial charge is 0.407 e. The molecule has 502 valence electrons. The zero-order valence-corrected chi connectivity index (χ0v) is 57.6. The van der Waals surface area contributed by atoms with Crippen molar-refractivity contribution in [3.05, 3.63) is 0 Å². The van der Waals surface area contributed by atoms with Gasteiger partial charge in [0.05, 0.1) is 36.1 Å². The molecule has 0 saturated carbocycles. The van der Waals surface area contributed by atoms with Gasteiger partial charge < -0.3 is 55.4 Å². The van der Waals surface area contributed by atoms with Crippen LogP contribution >= 0.6 is 46.6 Å². The van der Waals surface area contributed by atoms with E-state index in [2.05, 4.69) is 35.1 Å². The van der Waals surface area contributed by atoms with Crippen molar-refractivity contribution < 1.29 is 66.8 Å². The minimum absolute atomic E-state index is 0.193. The van der Waals surface area contributed by atoms with Crippen molar-refractivity contribution in [2.24, 2.45) is 5.73 Å². The summed E-state index contributed by atoms with van der Waals surface area (Å²) in [5.74, 6) is -5.81. The van der Waals surface area contributed by atoms with Crippen molar-refractivity contribution in [3.8, 4) is 0 Å². The van der Waals surface area contributed by atoms with Crippen LogP contribution in [0, 0.1) is 0 Å². The van der Waals surface area contributed by atoms with E-state index in [1.54, 1.807) is 62.3 Å². The van der Waals surface area contributed by atoms with Crippen molar-refractivity contribution >= 4 is 94.2 Å². The van der Waals surface area contributed by atoms with Crippen LogP contribution in [0.1, 0.15) is 262 Å². The fraction of sp³-hybridized carbons (Fsp3) is 0.873. The molecule has 0 aliphatic rings. The first kappa shape index (κ1) is 82.7. The van der Waals surface area contributed by atoms with Gasteiger partial charge in [-0.15, -0.1) is 11.8 Å². The Balaban J connectivity index is 6.50. The summed E-state index contributed by atoms with van der Waals surface area (Å²) in [6.07, 6.45) is 28.6. The summed E-state index contributed by atoms with van der Waals surface area (Å²) >= 11 is 18.7. The van der Waals surface area contributed by atoms with Crippen LogP contribution in [0.3, 0.4) is 0 Å². The summed E-state index contributed by atoms with van der Waals surface area (Å²) in [7, 11) is 0.